The number of carbonyl (C=O) groups is 2. The Morgan fingerprint density at radius 2 is 1.28 bits per heavy atom. The zero-order chi connectivity index (χ0) is 27.3. The average Bonchev–Trinajstić information content (AvgIpc) is 2.91. The first kappa shape index (κ1) is 26.9. The van der Waals surface area contributed by atoms with Gasteiger partial charge in [-0.1, -0.05) is 82.3 Å². The van der Waals surface area contributed by atoms with E-state index in [1.807, 2.05) is 42.1 Å². The maximum absolute atomic E-state index is 14.0. The second-order valence-corrected chi connectivity index (χ2v) is 15.3. The van der Waals surface area contributed by atoms with E-state index in [9.17, 15) is 9.59 Å². The molecule has 2 nitrogen and oxygen atoms in total. The highest BCUT2D eigenvalue weighted by Gasteiger charge is 2.37. The summed E-state index contributed by atoms with van der Waals surface area (Å²) in [5.41, 5.74) is 3.65. The summed E-state index contributed by atoms with van der Waals surface area (Å²) in [6, 6.07) is 20.1. The van der Waals surface area contributed by atoms with Gasteiger partial charge in [-0.3, -0.25) is 9.59 Å². The molecule has 39 heavy (non-hydrogen) atoms. The topological polar surface area (TPSA) is 34.1 Å². The second-order valence-electron chi connectivity index (χ2n) is 12.9. The van der Waals surface area contributed by atoms with Crippen molar-refractivity contribution in [2.24, 2.45) is 17.8 Å². The molecule has 0 spiro atoms. The SMILES string of the molecule is CC1CCC2CC(Sc3cccc4c3C(=O)c3cccc(Sc5ccc(C(C)(C)C)cc5)c3C4=O)CCC2C1. The fraction of sp³-hybridized carbons (Fsp3) is 0.429. The lowest BCUT2D eigenvalue weighted by Crippen LogP contribution is -2.31. The van der Waals surface area contributed by atoms with Gasteiger partial charge in [-0.25, -0.2) is 0 Å². The predicted octanol–water partition coefficient (Wildman–Crippen LogP) is 9.61. The van der Waals surface area contributed by atoms with E-state index in [2.05, 4.69) is 58.0 Å². The van der Waals surface area contributed by atoms with Crippen molar-refractivity contribution in [3.05, 3.63) is 88.5 Å². The Balaban J connectivity index is 1.26. The van der Waals surface area contributed by atoms with Gasteiger partial charge >= 0.3 is 0 Å². The molecule has 0 bridgehead atoms. The van der Waals surface area contributed by atoms with Crippen LogP contribution in [0.2, 0.25) is 0 Å². The highest BCUT2D eigenvalue weighted by Crippen LogP contribution is 2.48. The molecule has 3 aromatic carbocycles. The van der Waals surface area contributed by atoms with Crippen LogP contribution in [0.15, 0.2) is 75.4 Å². The Bertz CT molecular complexity index is 1420. The molecule has 3 aromatic rings. The summed E-state index contributed by atoms with van der Waals surface area (Å²) < 4.78 is 0. The van der Waals surface area contributed by atoms with Crippen molar-refractivity contribution >= 4 is 35.1 Å². The number of hydrogen-bond donors (Lipinski definition) is 0. The first-order valence-corrected chi connectivity index (χ1v) is 16.2. The lowest BCUT2D eigenvalue weighted by Gasteiger charge is -2.41. The van der Waals surface area contributed by atoms with Crippen LogP contribution >= 0.6 is 23.5 Å². The first-order valence-electron chi connectivity index (χ1n) is 14.5. The van der Waals surface area contributed by atoms with Crippen LogP contribution in [0.25, 0.3) is 0 Å². The van der Waals surface area contributed by atoms with Crippen molar-refractivity contribution in [2.75, 3.05) is 0 Å². The van der Waals surface area contributed by atoms with Gasteiger partial charge in [0.1, 0.15) is 0 Å². The molecular weight excluding hydrogens is 517 g/mol. The van der Waals surface area contributed by atoms with E-state index in [0.29, 0.717) is 27.5 Å². The van der Waals surface area contributed by atoms with Crippen LogP contribution in [0.1, 0.15) is 104 Å². The molecule has 2 saturated carbocycles. The molecule has 4 unspecified atom stereocenters. The average molecular weight is 555 g/mol. The van der Waals surface area contributed by atoms with Crippen molar-refractivity contribution in [1.29, 1.82) is 0 Å². The van der Waals surface area contributed by atoms with Gasteiger partial charge in [0.05, 0.1) is 0 Å². The Labute approximate surface area is 241 Å². The third-order valence-electron chi connectivity index (χ3n) is 9.06. The third kappa shape index (κ3) is 5.27. The zero-order valence-corrected chi connectivity index (χ0v) is 25.1. The van der Waals surface area contributed by atoms with Crippen molar-refractivity contribution in [3.63, 3.8) is 0 Å². The molecule has 202 valence electrons. The molecule has 0 amide bonds. The normalized spacial score (nSPS) is 24.6. The number of thioether (sulfide) groups is 1. The summed E-state index contributed by atoms with van der Waals surface area (Å²) in [4.78, 5) is 30.8. The lowest BCUT2D eigenvalue weighted by atomic mass is 9.68. The summed E-state index contributed by atoms with van der Waals surface area (Å²) >= 11 is 3.41. The van der Waals surface area contributed by atoms with Gasteiger partial charge < -0.3 is 0 Å². The molecule has 0 N–H and O–H groups in total. The highest BCUT2D eigenvalue weighted by molar-refractivity contribution is 8.00. The summed E-state index contributed by atoms with van der Waals surface area (Å²) in [5, 5.41) is 0.522. The molecule has 2 fully saturated rings. The van der Waals surface area contributed by atoms with Gasteiger partial charge in [0.2, 0.25) is 0 Å². The largest absolute Gasteiger partial charge is 0.289 e. The molecule has 4 atom stereocenters. The smallest absolute Gasteiger partial charge is 0.195 e. The molecule has 0 aliphatic heterocycles. The molecule has 0 saturated heterocycles. The van der Waals surface area contributed by atoms with E-state index in [1.54, 1.807) is 11.8 Å². The van der Waals surface area contributed by atoms with Gasteiger partial charge in [-0.05, 0) is 85.1 Å². The van der Waals surface area contributed by atoms with E-state index >= 15 is 0 Å². The number of rotatable bonds is 4. The van der Waals surface area contributed by atoms with Crippen molar-refractivity contribution in [2.45, 2.75) is 91.6 Å². The maximum atomic E-state index is 14.0. The van der Waals surface area contributed by atoms with Crippen LogP contribution in [0.4, 0.5) is 0 Å². The minimum Gasteiger partial charge on any atom is -0.289 e. The molecule has 4 heteroatoms. The van der Waals surface area contributed by atoms with Crippen molar-refractivity contribution in [1.82, 2.24) is 0 Å². The van der Waals surface area contributed by atoms with Crippen LogP contribution < -0.4 is 0 Å². The Kier molecular flexibility index (Phi) is 7.31. The van der Waals surface area contributed by atoms with Gasteiger partial charge in [0.25, 0.3) is 0 Å². The monoisotopic (exact) mass is 554 g/mol. The van der Waals surface area contributed by atoms with Gasteiger partial charge in [0.15, 0.2) is 11.6 Å². The standard InChI is InChI=1S/C35H38O2S2/c1-21-11-12-23-20-26(16-13-22(23)19-21)39-30-10-6-8-28-32(30)34(37)27-7-5-9-29(31(27)33(28)36)38-25-17-14-24(15-18-25)35(2,3)4/h5-10,14-15,17-18,21-23,26H,11-13,16,19-20H2,1-4H3. The van der Waals surface area contributed by atoms with Gasteiger partial charge in [0, 0.05) is 42.2 Å². The van der Waals surface area contributed by atoms with Crippen LogP contribution in [-0.4, -0.2) is 16.8 Å². The second kappa shape index (κ2) is 10.6. The van der Waals surface area contributed by atoms with Crippen LogP contribution in [0.5, 0.6) is 0 Å². The number of hydrogen-bond acceptors (Lipinski definition) is 4. The summed E-state index contributed by atoms with van der Waals surface area (Å²) in [6.07, 6.45) is 7.82. The zero-order valence-electron chi connectivity index (χ0n) is 23.5. The van der Waals surface area contributed by atoms with E-state index in [1.165, 1.54) is 44.1 Å². The maximum Gasteiger partial charge on any atom is 0.195 e. The highest BCUT2D eigenvalue weighted by atomic mass is 32.2. The van der Waals surface area contributed by atoms with Crippen LogP contribution in [0.3, 0.4) is 0 Å². The number of benzene rings is 3. The fourth-order valence-electron chi connectivity index (χ4n) is 6.88. The summed E-state index contributed by atoms with van der Waals surface area (Å²) in [7, 11) is 0. The van der Waals surface area contributed by atoms with E-state index in [0.717, 1.165) is 32.4 Å². The molecule has 3 aliphatic carbocycles. The summed E-state index contributed by atoms with van der Waals surface area (Å²) in [5.74, 6) is 2.54. The number of fused-ring (bicyclic) bond motifs is 3. The Morgan fingerprint density at radius 1 is 0.692 bits per heavy atom. The van der Waals surface area contributed by atoms with E-state index in [-0.39, 0.29) is 17.0 Å². The van der Waals surface area contributed by atoms with Crippen LogP contribution in [-0.2, 0) is 5.41 Å². The van der Waals surface area contributed by atoms with E-state index < -0.39 is 0 Å². The molecule has 0 heterocycles. The van der Waals surface area contributed by atoms with Gasteiger partial charge in [-0.2, -0.15) is 0 Å². The number of carbonyl (C=O) groups excluding carboxylic acids is 2. The lowest BCUT2D eigenvalue weighted by molar-refractivity contribution is 0.0974. The molecule has 6 rings (SSSR count). The minimum absolute atomic E-state index is 0.00610. The van der Waals surface area contributed by atoms with Crippen LogP contribution in [0, 0.1) is 17.8 Å². The molecule has 3 aliphatic rings. The Hall–Kier alpha value is -2.30. The fourth-order valence-corrected chi connectivity index (χ4v) is 9.29. The van der Waals surface area contributed by atoms with Crippen molar-refractivity contribution < 1.29 is 9.59 Å². The number of ketones is 2. The third-order valence-corrected chi connectivity index (χ3v) is 11.5. The molecule has 0 aromatic heterocycles. The van der Waals surface area contributed by atoms with Crippen molar-refractivity contribution in [3.8, 4) is 0 Å². The van der Waals surface area contributed by atoms with E-state index in [4.69, 9.17) is 0 Å². The molecule has 0 radical (unpaired) electrons. The van der Waals surface area contributed by atoms with Gasteiger partial charge in [-0.15, -0.1) is 11.8 Å². The summed E-state index contributed by atoms with van der Waals surface area (Å²) in [6.45, 7) is 9.02. The molecular formula is C35H38O2S2. The minimum atomic E-state index is -0.0264. The quantitative estimate of drug-likeness (QED) is 0.251. The first-order chi connectivity index (χ1) is 18.7. The Morgan fingerprint density at radius 3 is 1.95 bits per heavy atom. The predicted molar refractivity (Wildman–Crippen MR) is 163 cm³/mol.